The van der Waals surface area contributed by atoms with Crippen molar-refractivity contribution in [2.75, 3.05) is 26.2 Å². The molecule has 0 radical (unpaired) electrons. The van der Waals surface area contributed by atoms with Gasteiger partial charge in [-0.15, -0.1) is 13.2 Å². The van der Waals surface area contributed by atoms with E-state index in [1.165, 1.54) is 0 Å². The molecule has 0 saturated carbocycles. The van der Waals surface area contributed by atoms with E-state index in [2.05, 4.69) is 63.7 Å². The summed E-state index contributed by atoms with van der Waals surface area (Å²) >= 11 is 3.81. The Kier molecular flexibility index (Phi) is 11.1. The van der Waals surface area contributed by atoms with Crippen LogP contribution in [0.15, 0.2) is 55.6 Å². The monoisotopic (exact) mass is 685 g/mol. The number of rotatable bonds is 15. The first kappa shape index (κ1) is 35.4. The van der Waals surface area contributed by atoms with E-state index in [-0.39, 0.29) is 34.6 Å². The third kappa shape index (κ3) is 7.10. The number of unbranched alkanes of at least 4 members (excludes halogenated alkanes) is 2. The summed E-state index contributed by atoms with van der Waals surface area (Å²) in [5.74, 6) is -2.01. The number of likely N-dealkylation sites (tertiary alicyclic amines) is 1. The van der Waals surface area contributed by atoms with Gasteiger partial charge in [0.05, 0.1) is 17.9 Å². The second-order valence-electron chi connectivity index (χ2n) is 14.8. The number of carbonyl (C=O) groups excluding carboxylic acids is 3. The highest BCUT2D eigenvalue weighted by Gasteiger charge is 2.77. The lowest BCUT2D eigenvalue weighted by atomic mass is 9.70. The van der Waals surface area contributed by atoms with Gasteiger partial charge in [-0.25, -0.2) is 0 Å². The number of hydrogen-bond acceptors (Lipinski definition) is 5. The maximum absolute atomic E-state index is 14.9. The highest BCUT2D eigenvalue weighted by molar-refractivity contribution is 9.09. The minimum absolute atomic E-state index is 0.0480. The van der Waals surface area contributed by atoms with Crippen LogP contribution in [0.5, 0.6) is 0 Å². The molecule has 1 aromatic carbocycles. The molecule has 0 aromatic heterocycles. The standard InChI is InChI=1S/C36H52BrN3O5/c1-8-18-38(23-25-16-12-10-13-17-25)31(42)27-28-32(43)39(20-14-11-15-21-41)30(36(28)22-26(37)29(27)45-36)33(44)40(19-9-2)35(6,7)24-34(3,4)5/h8-10,12-13,16-17,26-30,41H,1-2,11,14-15,18-24H2,3-7H3/t26?,27-,28+,29-,30?,36?/m1/s1. The normalized spacial score (nSPS) is 27.4. The molecule has 3 unspecified atom stereocenters. The number of carbonyl (C=O) groups is 3. The SMILES string of the molecule is C=CCN(Cc1ccccc1)C(=O)[C@H]1[C@@H]2OC3(CC2Br)C(C(=O)N(CC=C)C(C)(C)CC(C)(C)C)N(CCCCCO)C(=O)[C@H]13. The Morgan fingerprint density at radius 3 is 2.33 bits per heavy atom. The number of halogens is 1. The fraction of sp³-hybridized carbons (Fsp3) is 0.639. The van der Waals surface area contributed by atoms with E-state index in [0.29, 0.717) is 45.4 Å². The zero-order valence-electron chi connectivity index (χ0n) is 27.7. The Balaban J connectivity index is 1.76. The van der Waals surface area contributed by atoms with Crippen LogP contribution < -0.4 is 0 Å². The Bertz CT molecular complexity index is 1250. The van der Waals surface area contributed by atoms with Gasteiger partial charge in [0.1, 0.15) is 11.6 Å². The number of benzene rings is 1. The van der Waals surface area contributed by atoms with Crippen molar-refractivity contribution in [1.82, 2.24) is 14.7 Å². The van der Waals surface area contributed by atoms with E-state index >= 15 is 0 Å². The van der Waals surface area contributed by atoms with Gasteiger partial charge in [0.25, 0.3) is 0 Å². The van der Waals surface area contributed by atoms with Crippen LogP contribution in [-0.4, -0.2) is 91.9 Å². The van der Waals surface area contributed by atoms with Crippen molar-refractivity contribution in [3.63, 3.8) is 0 Å². The first-order valence-corrected chi connectivity index (χ1v) is 17.2. The molecule has 1 aromatic rings. The van der Waals surface area contributed by atoms with Crippen LogP contribution in [0.4, 0.5) is 0 Å². The van der Waals surface area contributed by atoms with Gasteiger partial charge in [-0.05, 0) is 56.9 Å². The number of aliphatic hydroxyl groups excluding tert-OH is 1. The fourth-order valence-electron chi connectivity index (χ4n) is 8.21. The molecule has 3 heterocycles. The predicted octanol–water partition coefficient (Wildman–Crippen LogP) is 5.34. The molecule has 4 rings (SSSR count). The van der Waals surface area contributed by atoms with Gasteiger partial charge in [-0.3, -0.25) is 14.4 Å². The maximum Gasteiger partial charge on any atom is 0.249 e. The minimum atomic E-state index is -1.13. The maximum atomic E-state index is 14.9. The Hall–Kier alpha value is -2.49. The second-order valence-corrected chi connectivity index (χ2v) is 15.9. The van der Waals surface area contributed by atoms with Gasteiger partial charge >= 0.3 is 0 Å². The third-order valence-electron chi connectivity index (χ3n) is 9.51. The number of nitrogens with zero attached hydrogens (tertiary/aromatic N) is 3. The molecule has 6 atom stereocenters. The summed E-state index contributed by atoms with van der Waals surface area (Å²) in [6, 6.07) is 8.91. The van der Waals surface area contributed by atoms with Crippen LogP contribution in [-0.2, 0) is 25.7 Å². The first-order chi connectivity index (χ1) is 21.2. The van der Waals surface area contributed by atoms with Gasteiger partial charge < -0.3 is 24.5 Å². The van der Waals surface area contributed by atoms with Crippen molar-refractivity contribution in [2.24, 2.45) is 17.3 Å². The fourth-order valence-corrected chi connectivity index (χ4v) is 9.15. The van der Waals surface area contributed by atoms with Crippen molar-refractivity contribution in [2.45, 2.75) is 101 Å². The Morgan fingerprint density at radius 2 is 1.73 bits per heavy atom. The van der Waals surface area contributed by atoms with Crippen molar-refractivity contribution in [1.29, 1.82) is 0 Å². The van der Waals surface area contributed by atoms with E-state index in [0.717, 1.165) is 18.4 Å². The van der Waals surface area contributed by atoms with Crippen molar-refractivity contribution < 1.29 is 24.2 Å². The summed E-state index contributed by atoms with van der Waals surface area (Å²) in [6.45, 7) is 19.9. The molecule has 3 fully saturated rings. The number of aliphatic hydroxyl groups is 1. The van der Waals surface area contributed by atoms with Crippen LogP contribution in [0.3, 0.4) is 0 Å². The molecular weight excluding hydrogens is 634 g/mol. The summed E-state index contributed by atoms with van der Waals surface area (Å²) in [4.78, 5) is 49.1. The average molecular weight is 687 g/mol. The lowest BCUT2D eigenvalue weighted by Crippen LogP contribution is -2.61. The number of alkyl halides is 1. The highest BCUT2D eigenvalue weighted by atomic mass is 79.9. The van der Waals surface area contributed by atoms with Crippen LogP contribution in [0, 0.1) is 17.3 Å². The lowest BCUT2D eigenvalue weighted by molar-refractivity contribution is -0.153. The zero-order valence-corrected chi connectivity index (χ0v) is 29.3. The molecule has 3 amide bonds. The largest absolute Gasteiger partial charge is 0.396 e. The van der Waals surface area contributed by atoms with E-state index < -0.39 is 35.1 Å². The molecule has 9 heteroatoms. The molecular formula is C36H52BrN3O5. The molecule has 3 saturated heterocycles. The number of ether oxygens (including phenoxy) is 1. The summed E-state index contributed by atoms with van der Waals surface area (Å²) in [7, 11) is 0. The van der Waals surface area contributed by atoms with Gasteiger partial charge in [0.2, 0.25) is 17.7 Å². The predicted molar refractivity (Wildman–Crippen MR) is 180 cm³/mol. The minimum Gasteiger partial charge on any atom is -0.396 e. The number of fused-ring (bicyclic) bond motifs is 1. The Morgan fingerprint density at radius 1 is 1.07 bits per heavy atom. The van der Waals surface area contributed by atoms with Gasteiger partial charge in [-0.1, -0.05) is 79.2 Å². The van der Waals surface area contributed by atoms with Crippen LogP contribution in [0.25, 0.3) is 0 Å². The molecule has 45 heavy (non-hydrogen) atoms. The lowest BCUT2D eigenvalue weighted by Gasteiger charge is -2.45. The summed E-state index contributed by atoms with van der Waals surface area (Å²) in [5.41, 5.74) is -0.721. The quantitative estimate of drug-likeness (QED) is 0.153. The van der Waals surface area contributed by atoms with Gasteiger partial charge in [-0.2, -0.15) is 0 Å². The summed E-state index contributed by atoms with van der Waals surface area (Å²) in [6.07, 6.45) is 6.11. The second kappa shape index (κ2) is 14.1. The molecule has 3 aliphatic rings. The van der Waals surface area contributed by atoms with E-state index in [1.54, 1.807) is 22.0 Å². The molecule has 3 aliphatic heterocycles. The molecule has 248 valence electrons. The highest BCUT2D eigenvalue weighted by Crippen LogP contribution is 2.60. The molecule has 8 nitrogen and oxygen atoms in total. The summed E-state index contributed by atoms with van der Waals surface area (Å²) in [5, 5.41) is 9.38. The molecule has 0 aliphatic carbocycles. The van der Waals surface area contributed by atoms with Gasteiger partial charge in [0.15, 0.2) is 0 Å². The number of hydrogen-bond donors (Lipinski definition) is 1. The van der Waals surface area contributed by atoms with E-state index in [9.17, 15) is 19.5 Å². The zero-order chi connectivity index (χ0) is 33.2. The average Bonchev–Trinajstić information content (AvgIpc) is 3.55. The smallest absolute Gasteiger partial charge is 0.249 e. The third-order valence-corrected chi connectivity index (χ3v) is 10.4. The van der Waals surface area contributed by atoms with Crippen molar-refractivity contribution in [3.8, 4) is 0 Å². The first-order valence-electron chi connectivity index (χ1n) is 16.3. The molecule has 1 spiro atoms. The molecule has 2 bridgehead atoms. The summed E-state index contributed by atoms with van der Waals surface area (Å²) < 4.78 is 6.82. The van der Waals surface area contributed by atoms with Crippen LogP contribution in [0.2, 0.25) is 0 Å². The molecule has 1 N–H and O–H groups in total. The number of amides is 3. The Labute approximate surface area is 278 Å². The van der Waals surface area contributed by atoms with E-state index in [1.807, 2.05) is 35.2 Å². The van der Waals surface area contributed by atoms with Crippen LogP contribution >= 0.6 is 15.9 Å². The van der Waals surface area contributed by atoms with Crippen LogP contribution in [0.1, 0.15) is 72.3 Å². The van der Waals surface area contributed by atoms with Crippen molar-refractivity contribution >= 4 is 33.7 Å². The van der Waals surface area contributed by atoms with E-state index in [4.69, 9.17) is 4.74 Å². The topological polar surface area (TPSA) is 90.4 Å². The van der Waals surface area contributed by atoms with Crippen molar-refractivity contribution in [3.05, 3.63) is 61.2 Å². The van der Waals surface area contributed by atoms with Gasteiger partial charge in [0, 0.05) is 43.2 Å².